The fraction of sp³-hybridized carbons (Fsp3) is 0.476. The van der Waals surface area contributed by atoms with Crippen LogP contribution in [0, 0.1) is 5.92 Å². The number of aromatic nitrogens is 2. The molecular weight excluding hydrogens is 356 g/mol. The molecule has 2 fully saturated rings. The number of hydrogen-bond acceptors (Lipinski definition) is 5. The van der Waals surface area contributed by atoms with E-state index in [1.54, 1.807) is 18.5 Å². The summed E-state index contributed by atoms with van der Waals surface area (Å²) in [6.45, 7) is 4.67. The Hall–Kier alpha value is -2.51. The van der Waals surface area contributed by atoms with E-state index in [1.165, 1.54) is 0 Å². The Kier molecular flexibility index (Phi) is 4.49. The van der Waals surface area contributed by atoms with Crippen molar-refractivity contribution in [3.05, 3.63) is 63.8 Å². The summed E-state index contributed by atoms with van der Waals surface area (Å²) in [5.41, 5.74) is 2.02. The van der Waals surface area contributed by atoms with Crippen LogP contribution < -0.4 is 10.9 Å². The number of amides is 1. The van der Waals surface area contributed by atoms with Gasteiger partial charge in [0.2, 0.25) is 0 Å². The molecule has 0 unspecified atom stereocenters. The van der Waals surface area contributed by atoms with Crippen LogP contribution in [0.2, 0.25) is 0 Å². The van der Waals surface area contributed by atoms with Gasteiger partial charge in [0.25, 0.3) is 11.5 Å². The predicted molar refractivity (Wildman–Crippen MR) is 103 cm³/mol. The van der Waals surface area contributed by atoms with E-state index in [-0.39, 0.29) is 17.0 Å². The third-order valence-electron chi connectivity index (χ3n) is 6.19. The molecule has 0 spiro atoms. The van der Waals surface area contributed by atoms with Gasteiger partial charge in [-0.05, 0) is 36.1 Å². The Morgan fingerprint density at radius 2 is 2.11 bits per heavy atom. The number of piperidine rings is 1. The zero-order valence-corrected chi connectivity index (χ0v) is 15.7. The van der Waals surface area contributed by atoms with Gasteiger partial charge in [-0.1, -0.05) is 6.07 Å². The van der Waals surface area contributed by atoms with Crippen molar-refractivity contribution >= 4 is 5.91 Å². The van der Waals surface area contributed by atoms with Gasteiger partial charge < -0.3 is 14.6 Å². The molecule has 2 aromatic rings. The monoisotopic (exact) mass is 380 g/mol. The molecule has 2 saturated heterocycles. The van der Waals surface area contributed by atoms with E-state index in [0.29, 0.717) is 31.0 Å². The maximum atomic E-state index is 13.0. The molecule has 2 aromatic heterocycles. The van der Waals surface area contributed by atoms with Gasteiger partial charge in [0.15, 0.2) is 0 Å². The SMILES string of the molecule is O=C(NCc1cccnc1)c1ccc2n(c1=O)C[C@H]1C[C@@H]2CN(C2COC2)C1. The summed E-state index contributed by atoms with van der Waals surface area (Å²) in [5, 5.41) is 2.84. The average molecular weight is 380 g/mol. The molecular formula is C21H24N4O3. The molecule has 2 atom stereocenters. The van der Waals surface area contributed by atoms with E-state index in [0.717, 1.165) is 44.0 Å². The van der Waals surface area contributed by atoms with Gasteiger partial charge in [-0.3, -0.25) is 19.5 Å². The number of pyridine rings is 2. The first-order valence-electron chi connectivity index (χ1n) is 9.91. The minimum atomic E-state index is -0.326. The van der Waals surface area contributed by atoms with Crippen LogP contribution in [0.4, 0.5) is 0 Å². The van der Waals surface area contributed by atoms with E-state index in [9.17, 15) is 9.59 Å². The van der Waals surface area contributed by atoms with Gasteiger partial charge in [-0.15, -0.1) is 0 Å². The van der Waals surface area contributed by atoms with E-state index >= 15 is 0 Å². The Labute approximate surface area is 163 Å². The third-order valence-corrected chi connectivity index (χ3v) is 6.19. The highest BCUT2D eigenvalue weighted by Crippen LogP contribution is 2.36. The van der Waals surface area contributed by atoms with Gasteiger partial charge in [0, 0.05) is 50.2 Å². The van der Waals surface area contributed by atoms with Crippen LogP contribution in [0.3, 0.4) is 0 Å². The normalized spacial score (nSPS) is 24.3. The Balaban J connectivity index is 1.35. The number of carbonyl (C=O) groups excluding carboxylic acids is 1. The van der Waals surface area contributed by atoms with Gasteiger partial charge in [0.05, 0.1) is 19.3 Å². The minimum Gasteiger partial charge on any atom is -0.378 e. The van der Waals surface area contributed by atoms with Crippen LogP contribution in [-0.4, -0.2) is 52.7 Å². The quantitative estimate of drug-likeness (QED) is 0.856. The van der Waals surface area contributed by atoms with Crippen molar-refractivity contribution in [3.8, 4) is 0 Å². The molecule has 1 N–H and O–H groups in total. The minimum absolute atomic E-state index is 0.170. The molecule has 5 rings (SSSR count). The predicted octanol–water partition coefficient (Wildman–Crippen LogP) is 0.991. The van der Waals surface area contributed by atoms with Crippen molar-refractivity contribution < 1.29 is 9.53 Å². The first-order valence-corrected chi connectivity index (χ1v) is 9.91. The number of likely N-dealkylation sites (tertiary alicyclic amines) is 1. The molecule has 28 heavy (non-hydrogen) atoms. The van der Waals surface area contributed by atoms with Crippen molar-refractivity contribution in [3.63, 3.8) is 0 Å². The lowest BCUT2D eigenvalue weighted by Crippen LogP contribution is -2.56. The second-order valence-corrected chi connectivity index (χ2v) is 8.08. The van der Waals surface area contributed by atoms with E-state index in [2.05, 4.69) is 15.2 Å². The molecule has 1 amide bonds. The fourth-order valence-corrected chi connectivity index (χ4v) is 4.67. The zero-order chi connectivity index (χ0) is 19.1. The summed E-state index contributed by atoms with van der Waals surface area (Å²) in [6, 6.07) is 7.92. The Morgan fingerprint density at radius 3 is 2.86 bits per heavy atom. The van der Waals surface area contributed by atoms with Crippen molar-refractivity contribution in [2.75, 3.05) is 26.3 Å². The van der Waals surface area contributed by atoms with Crippen molar-refractivity contribution in [1.29, 1.82) is 0 Å². The lowest BCUT2D eigenvalue weighted by molar-refractivity contribution is -0.0827. The van der Waals surface area contributed by atoms with Crippen molar-refractivity contribution in [2.45, 2.75) is 31.5 Å². The number of ether oxygens (including phenoxy) is 1. The van der Waals surface area contributed by atoms with Crippen molar-refractivity contribution in [2.24, 2.45) is 5.92 Å². The highest BCUT2D eigenvalue weighted by molar-refractivity contribution is 5.93. The molecule has 3 aliphatic rings. The number of hydrogen-bond donors (Lipinski definition) is 1. The van der Waals surface area contributed by atoms with Gasteiger partial charge >= 0.3 is 0 Å². The fourth-order valence-electron chi connectivity index (χ4n) is 4.67. The smallest absolute Gasteiger partial charge is 0.263 e. The van der Waals surface area contributed by atoms with Gasteiger partial charge in [0.1, 0.15) is 5.56 Å². The number of nitrogens with zero attached hydrogens (tertiary/aromatic N) is 3. The van der Waals surface area contributed by atoms with Crippen LogP contribution in [0.15, 0.2) is 41.5 Å². The first kappa shape index (κ1) is 17.6. The molecule has 146 valence electrons. The van der Waals surface area contributed by atoms with E-state index in [1.807, 2.05) is 22.8 Å². The summed E-state index contributed by atoms with van der Waals surface area (Å²) < 4.78 is 7.19. The van der Waals surface area contributed by atoms with Gasteiger partial charge in [-0.25, -0.2) is 0 Å². The summed E-state index contributed by atoms with van der Waals surface area (Å²) in [7, 11) is 0. The molecule has 7 nitrogen and oxygen atoms in total. The Bertz CT molecular complexity index is 938. The van der Waals surface area contributed by atoms with Crippen LogP contribution in [-0.2, 0) is 17.8 Å². The Morgan fingerprint density at radius 1 is 1.21 bits per heavy atom. The highest BCUT2D eigenvalue weighted by Gasteiger charge is 2.39. The standard InChI is InChI=1S/C21H24N4O3/c26-20(23-8-14-2-1-5-22-7-14)18-3-4-19-16-6-15(10-25(19)21(18)27)9-24(11-16)17-12-28-13-17/h1-5,7,15-17H,6,8-13H2,(H,23,26)/t15-,16+/m0/s1. The van der Waals surface area contributed by atoms with Crippen LogP contribution in [0.1, 0.15) is 34.0 Å². The molecule has 0 aromatic carbocycles. The molecule has 3 aliphatic heterocycles. The average Bonchev–Trinajstić information content (AvgIpc) is 2.66. The summed E-state index contributed by atoms with van der Waals surface area (Å²) >= 11 is 0. The largest absolute Gasteiger partial charge is 0.378 e. The maximum Gasteiger partial charge on any atom is 0.263 e. The van der Waals surface area contributed by atoms with Crippen LogP contribution in [0.5, 0.6) is 0 Å². The highest BCUT2D eigenvalue weighted by atomic mass is 16.5. The summed E-state index contributed by atoms with van der Waals surface area (Å²) in [6.07, 6.45) is 4.52. The molecule has 2 bridgehead atoms. The topological polar surface area (TPSA) is 76.5 Å². The lowest BCUT2D eigenvalue weighted by atomic mass is 9.82. The summed E-state index contributed by atoms with van der Waals surface area (Å²) in [4.78, 5) is 32.2. The first-order chi connectivity index (χ1) is 13.7. The number of carbonyl (C=O) groups is 1. The second kappa shape index (κ2) is 7.14. The summed E-state index contributed by atoms with van der Waals surface area (Å²) in [5.74, 6) is 0.486. The van der Waals surface area contributed by atoms with Crippen molar-refractivity contribution in [1.82, 2.24) is 19.8 Å². The maximum absolute atomic E-state index is 13.0. The zero-order valence-electron chi connectivity index (χ0n) is 15.7. The van der Waals surface area contributed by atoms with Crippen LogP contribution >= 0.6 is 0 Å². The third kappa shape index (κ3) is 3.14. The molecule has 0 radical (unpaired) electrons. The van der Waals surface area contributed by atoms with Crippen LogP contribution in [0.25, 0.3) is 0 Å². The number of rotatable bonds is 4. The van der Waals surface area contributed by atoms with Gasteiger partial charge in [-0.2, -0.15) is 0 Å². The number of nitrogens with one attached hydrogen (secondary N) is 1. The second-order valence-electron chi connectivity index (χ2n) is 8.08. The van der Waals surface area contributed by atoms with E-state index in [4.69, 9.17) is 4.74 Å². The molecule has 0 saturated carbocycles. The molecule has 5 heterocycles. The molecule has 7 heteroatoms. The molecule has 0 aliphatic carbocycles. The number of fused-ring (bicyclic) bond motifs is 4. The lowest BCUT2D eigenvalue weighted by Gasteiger charge is -2.47. The van der Waals surface area contributed by atoms with E-state index < -0.39 is 0 Å².